The van der Waals surface area contributed by atoms with Crippen molar-refractivity contribution in [1.29, 1.82) is 0 Å². The third-order valence-corrected chi connectivity index (χ3v) is 20.8. The van der Waals surface area contributed by atoms with Gasteiger partial charge in [0.2, 0.25) is 41.4 Å². The smallest absolute Gasteiger partial charge is 0.391 e. The maximum absolute atomic E-state index is 15.2. The number of aromatic nitrogens is 2. The second kappa shape index (κ2) is 32.0. The predicted octanol–water partition coefficient (Wildman–Crippen LogP) is 8.41. The van der Waals surface area contributed by atoms with Gasteiger partial charge in [-0.05, 0) is 111 Å². The molecule has 0 radical (unpaired) electrons. The quantitative estimate of drug-likeness (QED) is 0.0163. The Labute approximate surface area is 571 Å². The Bertz CT molecular complexity index is 3880. The van der Waals surface area contributed by atoms with Crippen molar-refractivity contribution in [3.63, 3.8) is 0 Å². The number of Topliss-reactive ketones (excluding diaryl/α,β-unsaturated/α-hetero) is 1. The molecule has 3 saturated heterocycles. The number of alkyl halides is 2. The Morgan fingerprint density at radius 2 is 1.39 bits per heavy atom. The summed E-state index contributed by atoms with van der Waals surface area (Å²) in [6, 6.07) is 22.5. The SMILES string of the molecule is Cc1ncsc1-c1ccc([C@H](C)NC(=O)[C@@H]2C[C@@H](O)CN2C(=O)[C@@H](NC(=O)CCCCCCCC(=O)C2CC[C@H]3CC[C@@H](C(=O)N[C@@H](CCC(N)=O)C(=O)NC(c4ccccc4)c4ccccc4)N3C(=O)[C@@H](NC(=O)c3cc4cc(C(F)(F)P(=O)(O)O)ccc4[nH]3)C2)C(C)(C)C)cc1. The number of unbranched alkanes of at least 4 members (excludes halogenated alkanes) is 4. The number of ketones is 1. The standard InChI is InChI=1S/C71H87F2N10O13PS/c1-41(43-23-25-46(26-24-43)62-42(2)75-40-98-62)76-67(91)57-38-51(84)39-82(57)69(93)63(70(3,4)5)80-60(87)22-16-8-6-7-15-21-58(85)47-27-29-50-30-33-56(66(90)78-53(32-34-59(74)86)64(88)81-61(44-17-11-9-12-18-44)45-19-13-10-14-20-45)83(50)68(92)55(36-47)79-65(89)54-37-48-35-49(28-31-52(48)77-54)71(72,73)97(94,95)96/h9-14,17-20,23-26,28,31,35,37,40-41,47,50-51,53,55-57,61,63,77,84H,6-8,15-16,21-22,27,29-30,32-34,36,38-39H2,1-5H3,(H2,74,86)(H,76,91)(H,78,90)(H,79,89)(H,80,87)(H,81,88)(H2,94,95,96)/t41-,47?,50-,51+,53-,55-,56-,57-,63+/m0/s1. The fourth-order valence-corrected chi connectivity index (χ4v) is 14.7. The number of hydrogen-bond acceptors (Lipinski definition) is 13. The number of halogens is 2. The highest BCUT2D eigenvalue weighted by atomic mass is 32.1. The average molecular weight is 1390 g/mol. The molecule has 0 aliphatic carbocycles. The number of amides is 8. The van der Waals surface area contributed by atoms with Crippen molar-refractivity contribution in [3.8, 4) is 10.4 Å². The highest BCUT2D eigenvalue weighted by Crippen LogP contribution is 2.59. The van der Waals surface area contributed by atoms with E-state index in [1.807, 2.05) is 120 Å². The number of rotatable bonds is 28. The van der Waals surface area contributed by atoms with Gasteiger partial charge in [0.15, 0.2) is 0 Å². The molecular formula is C71H87F2N10O13PS. The molecule has 1 unspecified atom stereocenters. The molecular weight excluding hydrogens is 1300 g/mol. The number of primary amides is 1. The van der Waals surface area contributed by atoms with Crippen molar-refractivity contribution in [2.75, 3.05) is 6.54 Å². The van der Waals surface area contributed by atoms with Gasteiger partial charge in [0.25, 0.3) is 5.91 Å². The molecule has 98 heavy (non-hydrogen) atoms. The van der Waals surface area contributed by atoms with Gasteiger partial charge in [0.1, 0.15) is 41.7 Å². The second-order valence-corrected chi connectivity index (χ2v) is 29.5. The molecule has 2 aromatic heterocycles. The second-order valence-electron chi connectivity index (χ2n) is 27.0. The predicted molar refractivity (Wildman–Crippen MR) is 363 cm³/mol. The Balaban J connectivity index is 0.818. The Morgan fingerprint density at radius 1 is 0.755 bits per heavy atom. The zero-order valence-corrected chi connectivity index (χ0v) is 57.2. The van der Waals surface area contributed by atoms with Crippen molar-refractivity contribution in [2.24, 2.45) is 17.1 Å². The lowest BCUT2D eigenvalue weighted by Crippen LogP contribution is -2.59. The number of aliphatic hydroxyl groups is 1. The van der Waals surface area contributed by atoms with Crippen molar-refractivity contribution < 1.29 is 71.4 Å². The lowest BCUT2D eigenvalue weighted by molar-refractivity contribution is -0.144. The maximum Gasteiger partial charge on any atom is 0.399 e. The Morgan fingerprint density at radius 3 is 2.01 bits per heavy atom. The number of carbonyl (C=O) groups excluding carboxylic acids is 9. The molecule has 4 aromatic carbocycles. The summed E-state index contributed by atoms with van der Waals surface area (Å²) in [5.41, 5.74) is 5.24. The molecule has 6 aromatic rings. The van der Waals surface area contributed by atoms with Crippen LogP contribution in [0.15, 0.2) is 115 Å². The van der Waals surface area contributed by atoms with Crippen molar-refractivity contribution in [3.05, 3.63) is 148 Å². The molecule has 11 N–H and O–H groups in total. The summed E-state index contributed by atoms with van der Waals surface area (Å²) in [4.78, 5) is 156. The molecule has 5 heterocycles. The van der Waals surface area contributed by atoms with Gasteiger partial charge in [-0.15, -0.1) is 11.3 Å². The minimum Gasteiger partial charge on any atom is -0.391 e. The summed E-state index contributed by atoms with van der Waals surface area (Å²) in [7, 11) is -5.95. The van der Waals surface area contributed by atoms with Crippen LogP contribution in [0.25, 0.3) is 21.3 Å². The van der Waals surface area contributed by atoms with E-state index in [2.05, 4.69) is 36.6 Å². The summed E-state index contributed by atoms with van der Waals surface area (Å²) in [5, 5.41) is 25.3. The number of nitrogens with one attached hydrogen (secondary N) is 6. The van der Waals surface area contributed by atoms with E-state index < -0.39 is 126 Å². The van der Waals surface area contributed by atoms with E-state index in [4.69, 9.17) is 5.73 Å². The molecule has 23 nitrogen and oxygen atoms in total. The number of nitrogens with zero attached hydrogens (tertiary/aromatic N) is 3. The topological polar surface area (TPSA) is 353 Å². The van der Waals surface area contributed by atoms with Crippen molar-refractivity contribution in [2.45, 2.75) is 191 Å². The lowest BCUT2D eigenvalue weighted by Gasteiger charge is -2.37. The van der Waals surface area contributed by atoms with E-state index >= 15 is 4.79 Å². The number of benzene rings is 4. The normalized spacial score (nSPS) is 20.0. The van der Waals surface area contributed by atoms with Gasteiger partial charge >= 0.3 is 13.3 Å². The maximum atomic E-state index is 15.2. The van der Waals surface area contributed by atoms with E-state index in [0.717, 1.165) is 51.0 Å². The van der Waals surface area contributed by atoms with Crippen molar-refractivity contribution in [1.82, 2.24) is 46.4 Å². The minimum absolute atomic E-state index is 0.00309. The van der Waals surface area contributed by atoms with E-state index in [0.29, 0.717) is 44.9 Å². The third kappa shape index (κ3) is 18.0. The first-order chi connectivity index (χ1) is 46.5. The van der Waals surface area contributed by atoms with Gasteiger partial charge in [-0.2, -0.15) is 8.78 Å². The first-order valence-corrected chi connectivity index (χ1v) is 35.8. The van der Waals surface area contributed by atoms with Crippen LogP contribution in [0.5, 0.6) is 0 Å². The van der Waals surface area contributed by atoms with Crippen LogP contribution in [0.2, 0.25) is 0 Å². The van der Waals surface area contributed by atoms with Crippen LogP contribution in [0, 0.1) is 18.3 Å². The van der Waals surface area contributed by atoms with E-state index in [1.165, 1.54) is 15.9 Å². The summed E-state index contributed by atoms with van der Waals surface area (Å²) < 4.78 is 41.4. The number of carbonyl (C=O) groups is 9. The first-order valence-electron chi connectivity index (χ1n) is 33.3. The fourth-order valence-electron chi connectivity index (χ4n) is 13.4. The molecule has 9 atom stereocenters. The zero-order chi connectivity index (χ0) is 70.8. The number of aromatic amines is 1. The van der Waals surface area contributed by atoms with E-state index in [-0.39, 0.29) is 86.2 Å². The molecule has 3 aliphatic heterocycles. The number of β-amino-alcohol motifs (C(OH)–C–C–N with tert-alkyl or cyclic N) is 1. The van der Waals surface area contributed by atoms with Crippen LogP contribution >= 0.6 is 18.9 Å². The summed E-state index contributed by atoms with van der Waals surface area (Å²) >= 11 is 1.54. The molecule has 3 aliphatic rings. The van der Waals surface area contributed by atoms with Gasteiger partial charge in [0.05, 0.1) is 34.3 Å². The largest absolute Gasteiger partial charge is 0.399 e. The summed E-state index contributed by atoms with van der Waals surface area (Å²) in [5.74, 6) is -5.80. The number of nitrogens with two attached hydrogens (primary N) is 1. The Hall–Kier alpha value is -8.55. The number of hydrogen-bond donors (Lipinski definition) is 10. The van der Waals surface area contributed by atoms with Gasteiger partial charge in [0, 0.05) is 60.7 Å². The number of aliphatic hydroxyl groups excluding tert-OH is 1. The highest BCUT2D eigenvalue weighted by molar-refractivity contribution is 7.52. The number of likely N-dealkylation sites (tertiary alicyclic amines) is 1. The van der Waals surface area contributed by atoms with E-state index in [1.54, 1.807) is 16.8 Å². The summed E-state index contributed by atoms with van der Waals surface area (Å²) in [6.07, 6.45) is 2.47. The minimum atomic E-state index is -5.95. The van der Waals surface area contributed by atoms with Crippen LogP contribution in [0.3, 0.4) is 0 Å². The highest BCUT2D eigenvalue weighted by Gasteiger charge is 2.51. The third-order valence-electron chi connectivity index (χ3n) is 18.8. The Kier molecular flexibility index (Phi) is 24.0. The molecule has 27 heteroatoms. The fraction of sp³-hybridized carbons (Fsp3) is 0.465. The molecule has 0 spiro atoms. The lowest BCUT2D eigenvalue weighted by atomic mass is 9.85. The van der Waals surface area contributed by atoms with Crippen LogP contribution in [-0.2, 0) is 48.6 Å². The van der Waals surface area contributed by atoms with Gasteiger partial charge in [-0.1, -0.05) is 131 Å². The number of thiazole rings is 1. The number of fused-ring (bicyclic) bond motifs is 2. The van der Waals surface area contributed by atoms with Crippen LogP contribution in [0.1, 0.15) is 175 Å². The van der Waals surface area contributed by atoms with Crippen molar-refractivity contribution >= 4 is 82.9 Å². The molecule has 524 valence electrons. The zero-order valence-electron chi connectivity index (χ0n) is 55.5. The van der Waals surface area contributed by atoms with Gasteiger partial charge in [-0.3, -0.25) is 47.7 Å². The average Bonchev–Trinajstić information content (AvgIpc) is 1.50. The van der Waals surface area contributed by atoms with Gasteiger partial charge in [-0.25, -0.2) is 4.98 Å². The monoisotopic (exact) mass is 1390 g/mol. The summed E-state index contributed by atoms with van der Waals surface area (Å²) in [6.45, 7) is 9.15. The van der Waals surface area contributed by atoms with Gasteiger partial charge < -0.3 is 62.0 Å². The molecule has 0 bridgehead atoms. The van der Waals surface area contributed by atoms with Crippen LogP contribution < -0.4 is 32.3 Å². The molecule has 3 fully saturated rings. The van der Waals surface area contributed by atoms with E-state index in [9.17, 15) is 66.6 Å². The molecule has 9 rings (SSSR count). The number of H-pyrrole nitrogens is 1. The van der Waals surface area contributed by atoms with Crippen LogP contribution in [0.4, 0.5) is 8.78 Å². The first kappa shape index (κ1) is 73.7. The number of aryl methyl sites for hydroxylation is 1. The molecule has 8 amide bonds. The van der Waals surface area contributed by atoms with Crippen LogP contribution in [-0.4, -0.2) is 137 Å². The molecule has 0 saturated carbocycles.